The second kappa shape index (κ2) is 16.2. The van der Waals surface area contributed by atoms with Crippen molar-refractivity contribution >= 4 is 35.5 Å². The Morgan fingerprint density at radius 3 is 2.35 bits per heavy atom. The van der Waals surface area contributed by atoms with Crippen molar-refractivity contribution in [2.75, 3.05) is 20.1 Å². The Labute approximate surface area is 233 Å². The Morgan fingerprint density at radius 1 is 0.975 bits per heavy atom. The number of benzene rings is 1. The summed E-state index contributed by atoms with van der Waals surface area (Å²) in [7, 11) is 1.48. The summed E-state index contributed by atoms with van der Waals surface area (Å²) >= 11 is 0. The number of hydrogen-bond donors (Lipinski definition) is 6. The standard InChI is InChI=1S/C27H40N6O7/c1-3-19-27(40)33(2)21(11-6-4-5-7-12-28)26(39)30-16-22(34)31-20(14-23(35)36)25(38)29-15-17-9-8-10-18(13-17)24(37)32-19/h8-10,13,19-21H,3-7,11-12,14-16,28H2,1-2H3,(H,29,38)(H,30,39)(H,31,34)(H,32,37)(H,35,36). The predicted octanol–water partition coefficient (Wildman–Crippen LogP) is -0.363. The highest BCUT2D eigenvalue weighted by atomic mass is 16.4. The largest absolute Gasteiger partial charge is 0.481 e. The second-order valence-electron chi connectivity index (χ2n) is 9.74. The number of unbranched alkanes of at least 4 members (excludes halogenated alkanes) is 3. The van der Waals surface area contributed by atoms with Crippen LogP contribution in [0.3, 0.4) is 0 Å². The van der Waals surface area contributed by atoms with E-state index in [1.165, 1.54) is 11.9 Å². The molecule has 0 aliphatic carbocycles. The molecule has 0 radical (unpaired) electrons. The van der Waals surface area contributed by atoms with Crippen LogP contribution >= 0.6 is 0 Å². The Morgan fingerprint density at radius 2 is 1.68 bits per heavy atom. The highest BCUT2D eigenvalue weighted by Crippen LogP contribution is 2.14. The van der Waals surface area contributed by atoms with E-state index in [1.807, 2.05) is 0 Å². The number of aliphatic carboxylic acids is 1. The van der Waals surface area contributed by atoms with Gasteiger partial charge >= 0.3 is 5.97 Å². The first-order valence-electron chi connectivity index (χ1n) is 13.5. The van der Waals surface area contributed by atoms with Gasteiger partial charge in [0.15, 0.2) is 0 Å². The lowest BCUT2D eigenvalue weighted by molar-refractivity contribution is -0.141. The van der Waals surface area contributed by atoms with E-state index in [2.05, 4.69) is 21.3 Å². The molecule has 7 N–H and O–H groups in total. The van der Waals surface area contributed by atoms with Gasteiger partial charge in [0.1, 0.15) is 18.1 Å². The molecule has 1 aromatic carbocycles. The molecule has 1 aliphatic heterocycles. The van der Waals surface area contributed by atoms with E-state index in [4.69, 9.17) is 5.73 Å². The van der Waals surface area contributed by atoms with Gasteiger partial charge in [0.2, 0.25) is 23.6 Å². The molecule has 3 atom stereocenters. The minimum Gasteiger partial charge on any atom is -0.481 e. The van der Waals surface area contributed by atoms with Gasteiger partial charge in [-0.25, -0.2) is 0 Å². The number of carboxylic acids is 1. The van der Waals surface area contributed by atoms with Gasteiger partial charge in [-0.3, -0.25) is 28.8 Å². The number of nitrogens with zero attached hydrogens (tertiary/aromatic N) is 1. The molecule has 1 aliphatic rings. The van der Waals surface area contributed by atoms with Gasteiger partial charge in [0.05, 0.1) is 13.0 Å². The zero-order chi connectivity index (χ0) is 29.7. The molecule has 1 heterocycles. The van der Waals surface area contributed by atoms with Crippen LogP contribution < -0.4 is 27.0 Å². The maximum Gasteiger partial charge on any atom is 0.305 e. The number of amides is 5. The van der Waals surface area contributed by atoms with Crippen molar-refractivity contribution in [1.82, 2.24) is 26.2 Å². The van der Waals surface area contributed by atoms with Crippen LogP contribution in [-0.4, -0.2) is 83.8 Å². The Kier molecular flexibility index (Phi) is 13.0. The molecule has 1 aromatic rings. The van der Waals surface area contributed by atoms with Gasteiger partial charge in [-0.15, -0.1) is 0 Å². The van der Waals surface area contributed by atoms with Crippen molar-refractivity contribution in [3.05, 3.63) is 35.4 Å². The smallest absolute Gasteiger partial charge is 0.305 e. The third kappa shape index (κ3) is 9.95. The maximum absolute atomic E-state index is 13.4. The van der Waals surface area contributed by atoms with Gasteiger partial charge in [-0.05, 0) is 43.5 Å². The lowest BCUT2D eigenvalue weighted by atomic mass is 10.0. The van der Waals surface area contributed by atoms with Crippen molar-refractivity contribution in [3.8, 4) is 0 Å². The van der Waals surface area contributed by atoms with Gasteiger partial charge in [0, 0.05) is 19.2 Å². The molecule has 0 saturated carbocycles. The van der Waals surface area contributed by atoms with E-state index in [1.54, 1.807) is 31.2 Å². The van der Waals surface area contributed by atoms with Crippen LogP contribution in [0.15, 0.2) is 24.3 Å². The first kappa shape index (κ1) is 32.2. The van der Waals surface area contributed by atoms with Crippen LogP contribution in [0.5, 0.6) is 0 Å². The molecule has 3 unspecified atom stereocenters. The number of fused-ring (bicyclic) bond motifs is 2. The molecule has 13 nitrogen and oxygen atoms in total. The molecule has 0 aromatic heterocycles. The first-order valence-corrected chi connectivity index (χ1v) is 13.5. The molecule has 40 heavy (non-hydrogen) atoms. The summed E-state index contributed by atoms with van der Waals surface area (Å²) in [5.41, 5.74) is 6.36. The zero-order valence-corrected chi connectivity index (χ0v) is 23.0. The zero-order valence-electron chi connectivity index (χ0n) is 23.0. The van der Waals surface area contributed by atoms with E-state index in [0.717, 1.165) is 19.3 Å². The van der Waals surface area contributed by atoms with E-state index >= 15 is 0 Å². The van der Waals surface area contributed by atoms with E-state index in [-0.39, 0.29) is 18.5 Å². The summed E-state index contributed by atoms with van der Waals surface area (Å²) in [6.07, 6.45) is 3.04. The topological polar surface area (TPSA) is 200 Å². The summed E-state index contributed by atoms with van der Waals surface area (Å²) in [6.45, 7) is 1.74. The third-order valence-electron chi connectivity index (χ3n) is 6.67. The van der Waals surface area contributed by atoms with E-state index in [9.17, 15) is 33.9 Å². The number of likely N-dealkylation sites (N-methyl/N-ethyl adjacent to an activating group) is 1. The fraction of sp³-hybridized carbons (Fsp3) is 0.556. The quantitative estimate of drug-likeness (QED) is 0.220. The fourth-order valence-electron chi connectivity index (χ4n) is 4.36. The molecule has 5 amide bonds. The fourth-order valence-corrected chi connectivity index (χ4v) is 4.36. The Balaban J connectivity index is 2.37. The van der Waals surface area contributed by atoms with Crippen LogP contribution in [-0.2, 0) is 30.5 Å². The van der Waals surface area contributed by atoms with Gasteiger partial charge < -0.3 is 37.0 Å². The van der Waals surface area contributed by atoms with Gasteiger partial charge in [-0.1, -0.05) is 38.3 Å². The molecule has 220 valence electrons. The maximum atomic E-state index is 13.4. The molecule has 13 heteroatoms. The number of carbonyl (C=O) groups excluding carboxylic acids is 5. The summed E-state index contributed by atoms with van der Waals surface area (Å²) in [5, 5.41) is 19.4. The Hall–Kier alpha value is -4.00. The van der Waals surface area contributed by atoms with Crippen molar-refractivity contribution in [1.29, 1.82) is 0 Å². The lowest BCUT2D eigenvalue weighted by Crippen LogP contribution is -2.55. The molecule has 0 spiro atoms. The average molecular weight is 561 g/mol. The number of nitrogens with two attached hydrogens (primary N) is 1. The molecular weight excluding hydrogens is 520 g/mol. The monoisotopic (exact) mass is 560 g/mol. The number of rotatable bonds is 9. The Bertz CT molecular complexity index is 1080. The van der Waals surface area contributed by atoms with Crippen molar-refractivity contribution < 1.29 is 33.9 Å². The normalized spacial score (nSPS) is 21.4. The van der Waals surface area contributed by atoms with E-state index in [0.29, 0.717) is 24.9 Å². The van der Waals surface area contributed by atoms with Crippen LogP contribution in [0, 0.1) is 0 Å². The minimum absolute atomic E-state index is 0.0332. The molecule has 2 bridgehead atoms. The number of nitrogens with one attached hydrogen (secondary N) is 4. The highest BCUT2D eigenvalue weighted by molar-refractivity contribution is 5.99. The van der Waals surface area contributed by atoms with Gasteiger partial charge in [0.25, 0.3) is 5.91 Å². The summed E-state index contributed by atoms with van der Waals surface area (Å²) in [6, 6.07) is 3.18. The molecule has 0 saturated heterocycles. The van der Waals surface area contributed by atoms with Crippen LogP contribution in [0.2, 0.25) is 0 Å². The third-order valence-corrected chi connectivity index (χ3v) is 6.67. The molecule has 0 fully saturated rings. The highest BCUT2D eigenvalue weighted by Gasteiger charge is 2.32. The average Bonchev–Trinajstić information content (AvgIpc) is 2.93. The van der Waals surface area contributed by atoms with Crippen molar-refractivity contribution in [3.63, 3.8) is 0 Å². The summed E-state index contributed by atoms with van der Waals surface area (Å²) in [4.78, 5) is 77.5. The molecular formula is C27H40N6O7. The van der Waals surface area contributed by atoms with E-state index < -0.39 is 66.6 Å². The van der Waals surface area contributed by atoms with Crippen LogP contribution in [0.1, 0.15) is 67.8 Å². The van der Waals surface area contributed by atoms with Crippen molar-refractivity contribution in [2.24, 2.45) is 5.73 Å². The number of carboxylic acid groups (broad SMARTS) is 1. The summed E-state index contributed by atoms with van der Waals surface area (Å²) in [5.74, 6) is -4.32. The van der Waals surface area contributed by atoms with Crippen molar-refractivity contribution in [2.45, 2.75) is 76.5 Å². The first-order chi connectivity index (χ1) is 19.1. The number of hydrogen-bond acceptors (Lipinski definition) is 7. The summed E-state index contributed by atoms with van der Waals surface area (Å²) < 4.78 is 0. The SMILES string of the molecule is CCC1NC(=O)c2cccc(c2)CNC(=O)C(CC(=O)O)NC(=O)CNC(=O)C(CCCCCCN)N(C)C1=O. The van der Waals surface area contributed by atoms with Crippen LogP contribution in [0.25, 0.3) is 0 Å². The predicted molar refractivity (Wildman–Crippen MR) is 146 cm³/mol. The second-order valence-corrected chi connectivity index (χ2v) is 9.74. The molecule has 2 rings (SSSR count). The van der Waals surface area contributed by atoms with Crippen LogP contribution in [0.4, 0.5) is 0 Å². The lowest BCUT2D eigenvalue weighted by Gasteiger charge is -2.31. The number of carbonyl (C=O) groups is 6. The minimum atomic E-state index is -1.39. The van der Waals surface area contributed by atoms with Gasteiger partial charge in [-0.2, -0.15) is 0 Å².